The summed E-state index contributed by atoms with van der Waals surface area (Å²) in [6.45, 7) is -0.0746. The van der Waals surface area contributed by atoms with Crippen molar-refractivity contribution in [3.8, 4) is 5.75 Å². The van der Waals surface area contributed by atoms with Gasteiger partial charge in [-0.2, -0.15) is 5.10 Å². The van der Waals surface area contributed by atoms with Crippen LogP contribution in [0.3, 0.4) is 0 Å². The Bertz CT molecular complexity index is 774. The molecule has 0 atom stereocenters. The number of benzene rings is 1. The second-order valence-corrected chi connectivity index (χ2v) is 5.05. The summed E-state index contributed by atoms with van der Waals surface area (Å²) in [5, 5.41) is 28.4. The second-order valence-electron chi connectivity index (χ2n) is 5.05. The van der Waals surface area contributed by atoms with E-state index >= 15 is 0 Å². The predicted octanol–water partition coefficient (Wildman–Crippen LogP) is 0.430. The largest absolute Gasteiger partial charge is 0.555 e. The van der Waals surface area contributed by atoms with Gasteiger partial charge in [0.05, 0.1) is 0 Å². The standard InChI is InChI=1S/C14H15BN4O4/c16-13(21)11-7-17-19-14(11)18-10-1-2-12-8(6-10)5-9(3-4-20)15(22)23-12/h1-2,5-7,20,22H,3-4H2,(H2,16,21)(H2,17,18,19). The average molecular weight is 314 g/mol. The van der Waals surface area contributed by atoms with Crippen LogP contribution in [0.15, 0.2) is 29.9 Å². The van der Waals surface area contributed by atoms with Gasteiger partial charge in [0.2, 0.25) is 0 Å². The topological polar surface area (TPSA) is 133 Å². The average Bonchev–Trinajstić information content (AvgIpc) is 2.97. The zero-order chi connectivity index (χ0) is 16.4. The van der Waals surface area contributed by atoms with Crippen LogP contribution in [-0.4, -0.2) is 40.0 Å². The molecule has 0 unspecified atom stereocenters. The van der Waals surface area contributed by atoms with Crippen LogP contribution in [0.4, 0.5) is 11.5 Å². The lowest BCUT2D eigenvalue weighted by molar-refractivity contribution is 0.100. The number of carbonyl (C=O) groups excluding carboxylic acids is 1. The molecule has 0 bridgehead atoms. The van der Waals surface area contributed by atoms with Gasteiger partial charge in [0.1, 0.15) is 11.3 Å². The predicted molar refractivity (Wildman–Crippen MR) is 85.1 cm³/mol. The number of hydrogen-bond acceptors (Lipinski definition) is 6. The first-order valence-electron chi connectivity index (χ1n) is 6.99. The number of nitrogens with one attached hydrogen (secondary N) is 2. The van der Waals surface area contributed by atoms with E-state index in [1.54, 1.807) is 24.3 Å². The number of nitrogens with zero attached hydrogens (tertiary/aromatic N) is 1. The third-order valence-corrected chi connectivity index (χ3v) is 3.48. The van der Waals surface area contributed by atoms with E-state index in [0.717, 1.165) is 5.56 Å². The first kappa shape index (κ1) is 15.1. The maximum atomic E-state index is 11.3. The maximum Gasteiger partial charge on any atom is 0.555 e. The number of anilines is 2. The summed E-state index contributed by atoms with van der Waals surface area (Å²) >= 11 is 0. The van der Waals surface area contributed by atoms with Crippen LogP contribution in [0.1, 0.15) is 22.3 Å². The fourth-order valence-corrected chi connectivity index (χ4v) is 2.35. The van der Waals surface area contributed by atoms with Crippen LogP contribution in [0.5, 0.6) is 5.75 Å². The van der Waals surface area contributed by atoms with Crippen LogP contribution in [0, 0.1) is 0 Å². The van der Waals surface area contributed by atoms with Crippen LogP contribution in [0.25, 0.3) is 6.08 Å². The van der Waals surface area contributed by atoms with E-state index in [-0.39, 0.29) is 12.2 Å². The smallest absolute Gasteiger partial charge is 0.532 e. The molecular formula is C14H15BN4O4. The SMILES string of the molecule is NC(=O)c1c[nH]nc1Nc1ccc2c(c1)C=C(CCO)B(O)O2. The second kappa shape index (κ2) is 6.15. The van der Waals surface area contributed by atoms with Gasteiger partial charge in [-0.1, -0.05) is 6.08 Å². The van der Waals surface area contributed by atoms with Gasteiger partial charge in [0.15, 0.2) is 5.82 Å². The number of aliphatic hydroxyl groups excluding tert-OH is 1. The third kappa shape index (κ3) is 3.05. The molecule has 0 saturated carbocycles. The van der Waals surface area contributed by atoms with E-state index in [9.17, 15) is 9.82 Å². The van der Waals surface area contributed by atoms with Crippen molar-refractivity contribution in [2.45, 2.75) is 6.42 Å². The molecule has 0 spiro atoms. The normalized spacial score (nSPS) is 13.1. The highest BCUT2D eigenvalue weighted by molar-refractivity contribution is 6.54. The summed E-state index contributed by atoms with van der Waals surface area (Å²) in [6.07, 6.45) is 3.51. The number of aromatic amines is 1. The Morgan fingerprint density at radius 1 is 1.48 bits per heavy atom. The van der Waals surface area contributed by atoms with Crippen molar-refractivity contribution < 1.29 is 19.6 Å². The zero-order valence-corrected chi connectivity index (χ0v) is 12.1. The van der Waals surface area contributed by atoms with Crippen LogP contribution < -0.4 is 15.7 Å². The molecule has 2 heterocycles. The molecule has 0 saturated heterocycles. The number of fused-ring (bicyclic) bond motifs is 1. The minimum atomic E-state index is -1.05. The highest BCUT2D eigenvalue weighted by Gasteiger charge is 2.27. The highest BCUT2D eigenvalue weighted by Crippen LogP contribution is 2.32. The molecule has 9 heteroatoms. The molecule has 1 aromatic heterocycles. The molecule has 23 heavy (non-hydrogen) atoms. The Kier molecular flexibility index (Phi) is 4.05. The lowest BCUT2D eigenvalue weighted by atomic mass is 9.74. The summed E-state index contributed by atoms with van der Waals surface area (Å²) in [4.78, 5) is 11.3. The lowest BCUT2D eigenvalue weighted by Crippen LogP contribution is -2.28. The fraction of sp³-hybridized carbons (Fsp3) is 0.143. The molecule has 8 nitrogen and oxygen atoms in total. The Hall–Kier alpha value is -2.78. The number of amides is 1. The first-order chi connectivity index (χ1) is 11.1. The number of hydrogen-bond donors (Lipinski definition) is 5. The molecule has 1 aliphatic heterocycles. The van der Waals surface area contributed by atoms with Crippen molar-refractivity contribution >= 4 is 30.6 Å². The van der Waals surface area contributed by atoms with Crippen molar-refractivity contribution in [3.63, 3.8) is 0 Å². The molecule has 1 amide bonds. The van der Waals surface area contributed by atoms with Crippen molar-refractivity contribution in [2.75, 3.05) is 11.9 Å². The van der Waals surface area contributed by atoms with Gasteiger partial charge in [-0.15, -0.1) is 0 Å². The number of rotatable bonds is 5. The fourth-order valence-electron chi connectivity index (χ4n) is 2.35. The minimum Gasteiger partial charge on any atom is -0.532 e. The van der Waals surface area contributed by atoms with Crippen molar-refractivity contribution in [2.24, 2.45) is 5.73 Å². The Morgan fingerprint density at radius 3 is 3.04 bits per heavy atom. The number of aromatic nitrogens is 2. The molecule has 6 N–H and O–H groups in total. The first-order valence-corrected chi connectivity index (χ1v) is 6.99. The highest BCUT2D eigenvalue weighted by atomic mass is 16.5. The lowest BCUT2D eigenvalue weighted by Gasteiger charge is -2.21. The van der Waals surface area contributed by atoms with Gasteiger partial charge in [-0.25, -0.2) is 0 Å². The van der Waals surface area contributed by atoms with Gasteiger partial charge in [0.25, 0.3) is 5.91 Å². The summed E-state index contributed by atoms with van der Waals surface area (Å²) in [5.74, 6) is 0.270. The minimum absolute atomic E-state index is 0.0746. The van der Waals surface area contributed by atoms with Crippen LogP contribution >= 0.6 is 0 Å². The number of H-pyrrole nitrogens is 1. The van der Waals surface area contributed by atoms with Crippen LogP contribution in [0.2, 0.25) is 0 Å². The molecule has 0 radical (unpaired) electrons. The van der Waals surface area contributed by atoms with Gasteiger partial charge >= 0.3 is 7.12 Å². The molecule has 1 aliphatic rings. The Balaban J connectivity index is 1.89. The van der Waals surface area contributed by atoms with Crippen molar-refractivity contribution in [1.29, 1.82) is 0 Å². The van der Waals surface area contributed by atoms with E-state index < -0.39 is 13.0 Å². The zero-order valence-electron chi connectivity index (χ0n) is 12.1. The molecule has 118 valence electrons. The van der Waals surface area contributed by atoms with Crippen LogP contribution in [-0.2, 0) is 0 Å². The molecule has 3 rings (SSSR count). The Morgan fingerprint density at radius 2 is 2.30 bits per heavy atom. The van der Waals surface area contributed by atoms with Gasteiger partial charge in [-0.05, 0) is 30.1 Å². The Labute approximate surface area is 132 Å². The molecular weight excluding hydrogens is 299 g/mol. The van der Waals surface area contributed by atoms with E-state index in [0.29, 0.717) is 29.1 Å². The van der Waals surface area contributed by atoms with Gasteiger partial charge < -0.3 is 25.8 Å². The summed E-state index contributed by atoms with van der Waals surface area (Å²) in [7, 11) is -1.05. The summed E-state index contributed by atoms with van der Waals surface area (Å²) in [6, 6.07) is 5.22. The van der Waals surface area contributed by atoms with Crippen molar-refractivity contribution in [1.82, 2.24) is 10.2 Å². The molecule has 2 aromatic rings. The van der Waals surface area contributed by atoms with E-state index in [4.69, 9.17) is 15.5 Å². The number of primary amides is 1. The monoisotopic (exact) mass is 314 g/mol. The number of carbonyl (C=O) groups is 1. The summed E-state index contributed by atoms with van der Waals surface area (Å²) in [5.41, 5.74) is 7.55. The van der Waals surface area contributed by atoms with Gasteiger partial charge in [-0.3, -0.25) is 9.89 Å². The van der Waals surface area contributed by atoms with Gasteiger partial charge in [0, 0.05) is 24.1 Å². The maximum absolute atomic E-state index is 11.3. The molecule has 0 fully saturated rings. The van der Waals surface area contributed by atoms with E-state index in [1.807, 2.05) is 0 Å². The summed E-state index contributed by atoms with van der Waals surface area (Å²) < 4.78 is 5.40. The number of nitrogens with two attached hydrogens (primary N) is 1. The quantitative estimate of drug-likeness (QED) is 0.508. The molecule has 1 aromatic carbocycles. The van der Waals surface area contributed by atoms with Crippen molar-refractivity contribution in [3.05, 3.63) is 41.0 Å². The molecule has 0 aliphatic carbocycles. The third-order valence-electron chi connectivity index (χ3n) is 3.48. The number of aliphatic hydroxyl groups is 1. The van der Waals surface area contributed by atoms with E-state index in [2.05, 4.69) is 15.5 Å². The van der Waals surface area contributed by atoms with E-state index in [1.165, 1.54) is 6.20 Å².